The van der Waals surface area contributed by atoms with E-state index in [0.29, 0.717) is 6.54 Å². The maximum absolute atomic E-state index is 11.7. The van der Waals surface area contributed by atoms with Crippen LogP contribution in [0.3, 0.4) is 0 Å². The van der Waals surface area contributed by atoms with Crippen LogP contribution in [0.15, 0.2) is 42.7 Å². The Morgan fingerprint density at radius 1 is 1.38 bits per heavy atom. The highest BCUT2D eigenvalue weighted by Gasteiger charge is 2.02. The summed E-state index contributed by atoms with van der Waals surface area (Å²) in [7, 11) is 0. The molecule has 0 saturated heterocycles. The minimum atomic E-state index is -0.205. The summed E-state index contributed by atoms with van der Waals surface area (Å²) < 4.78 is 1.84. The van der Waals surface area contributed by atoms with E-state index in [9.17, 15) is 4.79 Å². The predicted octanol–water partition coefficient (Wildman–Crippen LogP) is 2.11. The molecule has 4 N–H and O–H groups in total. The van der Waals surface area contributed by atoms with Gasteiger partial charge >= 0.3 is 6.03 Å². The third kappa shape index (κ3) is 4.92. The van der Waals surface area contributed by atoms with E-state index in [-0.39, 0.29) is 12.1 Å². The molecule has 2 rings (SSSR count). The van der Waals surface area contributed by atoms with E-state index >= 15 is 0 Å². The van der Waals surface area contributed by atoms with Gasteiger partial charge in [-0.3, -0.25) is 4.68 Å². The molecule has 2 aromatic rings. The first-order chi connectivity index (χ1) is 10.1. The first kappa shape index (κ1) is 15.1. The van der Waals surface area contributed by atoms with E-state index < -0.39 is 0 Å². The lowest BCUT2D eigenvalue weighted by Gasteiger charge is -2.09. The molecule has 6 heteroatoms. The lowest BCUT2D eigenvalue weighted by Crippen LogP contribution is -2.30. The molecule has 112 valence electrons. The summed E-state index contributed by atoms with van der Waals surface area (Å²) in [6.45, 7) is 3.31. The molecule has 21 heavy (non-hydrogen) atoms. The van der Waals surface area contributed by atoms with Crippen LogP contribution in [0.1, 0.15) is 24.9 Å². The zero-order valence-corrected chi connectivity index (χ0v) is 12.1. The molecular weight excluding hydrogens is 266 g/mol. The number of nitrogens with one attached hydrogen (secondary N) is 2. The van der Waals surface area contributed by atoms with Crippen molar-refractivity contribution in [3.63, 3.8) is 0 Å². The highest BCUT2D eigenvalue weighted by molar-refractivity contribution is 5.89. The second-order valence-electron chi connectivity index (χ2n) is 4.91. The summed E-state index contributed by atoms with van der Waals surface area (Å²) in [5.41, 5.74) is 7.57. The average Bonchev–Trinajstić information content (AvgIpc) is 2.97. The Morgan fingerprint density at radius 2 is 2.14 bits per heavy atom. The summed E-state index contributed by atoms with van der Waals surface area (Å²) in [6, 6.07) is 9.20. The number of nitrogens with two attached hydrogens (primary N) is 1. The molecule has 0 aliphatic rings. The van der Waals surface area contributed by atoms with Crippen molar-refractivity contribution in [1.29, 1.82) is 0 Å². The number of benzene rings is 1. The third-order valence-corrected chi connectivity index (χ3v) is 3.10. The van der Waals surface area contributed by atoms with Gasteiger partial charge in [0.25, 0.3) is 0 Å². The highest BCUT2D eigenvalue weighted by Crippen LogP contribution is 2.13. The Bertz CT molecular complexity index is 548. The number of carbonyl (C=O) groups excluding carboxylic acids is 1. The van der Waals surface area contributed by atoms with Crippen molar-refractivity contribution >= 4 is 11.7 Å². The largest absolute Gasteiger partial charge is 0.338 e. The fraction of sp³-hybridized carbons (Fsp3) is 0.333. The number of amides is 2. The second kappa shape index (κ2) is 7.44. The van der Waals surface area contributed by atoms with Gasteiger partial charge in [0.1, 0.15) is 0 Å². The normalized spacial score (nSPS) is 11.9. The summed E-state index contributed by atoms with van der Waals surface area (Å²) >= 11 is 0. The lowest BCUT2D eigenvalue weighted by molar-refractivity contribution is 0.251. The van der Waals surface area contributed by atoms with Gasteiger partial charge in [0.15, 0.2) is 0 Å². The number of anilines is 1. The maximum Gasteiger partial charge on any atom is 0.319 e. The maximum atomic E-state index is 11.7. The van der Waals surface area contributed by atoms with E-state index in [1.807, 2.05) is 48.1 Å². The number of hydrogen-bond donors (Lipinski definition) is 3. The highest BCUT2D eigenvalue weighted by atomic mass is 16.2. The summed E-state index contributed by atoms with van der Waals surface area (Å²) in [4.78, 5) is 11.7. The first-order valence-electron chi connectivity index (χ1n) is 7.03. The molecule has 6 nitrogen and oxygen atoms in total. The molecule has 2 amide bonds. The van der Waals surface area contributed by atoms with Crippen LogP contribution >= 0.6 is 0 Å². The molecular formula is C15H21N5O. The number of nitrogens with zero attached hydrogens (tertiary/aromatic N) is 2. The predicted molar refractivity (Wildman–Crippen MR) is 82.9 cm³/mol. The Kier molecular flexibility index (Phi) is 5.34. The van der Waals surface area contributed by atoms with Gasteiger partial charge in [0.05, 0.1) is 0 Å². The van der Waals surface area contributed by atoms with Crippen molar-refractivity contribution in [3.05, 3.63) is 48.3 Å². The number of urea groups is 1. The number of aromatic nitrogens is 2. The van der Waals surface area contributed by atoms with E-state index in [2.05, 4.69) is 15.7 Å². The van der Waals surface area contributed by atoms with Crippen molar-refractivity contribution < 1.29 is 4.79 Å². The molecule has 1 unspecified atom stereocenters. The number of aryl methyl sites for hydroxylation is 1. The van der Waals surface area contributed by atoms with E-state index in [1.54, 1.807) is 6.20 Å². The third-order valence-electron chi connectivity index (χ3n) is 3.10. The van der Waals surface area contributed by atoms with Crippen LogP contribution in [0.5, 0.6) is 0 Å². The number of rotatable bonds is 6. The Morgan fingerprint density at radius 3 is 2.76 bits per heavy atom. The van der Waals surface area contributed by atoms with Gasteiger partial charge in [0.2, 0.25) is 0 Å². The molecule has 0 bridgehead atoms. The molecule has 0 aliphatic carbocycles. The Labute approximate surface area is 124 Å². The standard InChI is InChI=1S/C15H21N5O/c1-12(16)13-4-6-14(7-5-13)19-15(21)17-8-2-10-20-11-3-9-18-20/h3-7,9,11-12H,2,8,10,16H2,1H3,(H2,17,19,21). The van der Waals surface area contributed by atoms with Crippen LogP contribution in [-0.2, 0) is 6.54 Å². The molecule has 0 aliphatic heterocycles. The molecule has 0 saturated carbocycles. The van der Waals surface area contributed by atoms with Crippen LogP contribution in [0.4, 0.5) is 10.5 Å². The molecule has 1 atom stereocenters. The SMILES string of the molecule is CC(N)c1ccc(NC(=O)NCCCn2cccn2)cc1. The van der Waals surface area contributed by atoms with Gasteiger partial charge in [-0.15, -0.1) is 0 Å². The van der Waals surface area contributed by atoms with Gasteiger partial charge in [0, 0.05) is 37.2 Å². The molecule has 1 heterocycles. The van der Waals surface area contributed by atoms with Gasteiger partial charge in [-0.2, -0.15) is 5.10 Å². The molecule has 1 aromatic heterocycles. The molecule has 1 aromatic carbocycles. The van der Waals surface area contributed by atoms with Crippen molar-refractivity contribution in [2.45, 2.75) is 25.9 Å². The minimum Gasteiger partial charge on any atom is -0.338 e. The average molecular weight is 287 g/mol. The number of carbonyl (C=O) groups is 1. The second-order valence-corrected chi connectivity index (χ2v) is 4.91. The van der Waals surface area contributed by atoms with E-state index in [0.717, 1.165) is 24.2 Å². The quantitative estimate of drug-likeness (QED) is 0.711. The van der Waals surface area contributed by atoms with Crippen molar-refractivity contribution in [1.82, 2.24) is 15.1 Å². The Hall–Kier alpha value is -2.34. The van der Waals surface area contributed by atoms with Crippen LogP contribution in [-0.4, -0.2) is 22.4 Å². The zero-order valence-electron chi connectivity index (χ0n) is 12.1. The first-order valence-corrected chi connectivity index (χ1v) is 7.03. The van der Waals surface area contributed by atoms with E-state index in [4.69, 9.17) is 5.73 Å². The lowest BCUT2D eigenvalue weighted by atomic mass is 10.1. The topological polar surface area (TPSA) is 85.0 Å². The molecule has 0 spiro atoms. The Balaban J connectivity index is 1.69. The molecule has 0 fully saturated rings. The van der Waals surface area contributed by atoms with E-state index in [1.165, 1.54) is 0 Å². The number of hydrogen-bond acceptors (Lipinski definition) is 3. The van der Waals surface area contributed by atoms with Crippen molar-refractivity contribution in [3.8, 4) is 0 Å². The van der Waals surface area contributed by atoms with Crippen molar-refractivity contribution in [2.75, 3.05) is 11.9 Å². The zero-order chi connectivity index (χ0) is 15.1. The summed E-state index contributed by atoms with van der Waals surface area (Å²) in [5.74, 6) is 0. The fourth-order valence-electron chi connectivity index (χ4n) is 1.92. The fourth-order valence-corrected chi connectivity index (χ4v) is 1.92. The smallest absolute Gasteiger partial charge is 0.319 e. The summed E-state index contributed by atoms with van der Waals surface area (Å²) in [5, 5.41) is 9.70. The monoisotopic (exact) mass is 287 g/mol. The van der Waals surface area contributed by atoms with Crippen LogP contribution in [0, 0.1) is 0 Å². The van der Waals surface area contributed by atoms with Crippen LogP contribution in [0.25, 0.3) is 0 Å². The molecule has 0 radical (unpaired) electrons. The van der Waals surface area contributed by atoms with Gasteiger partial charge in [-0.25, -0.2) is 4.79 Å². The van der Waals surface area contributed by atoms with Crippen LogP contribution < -0.4 is 16.4 Å². The minimum absolute atomic E-state index is 0.00447. The van der Waals surface area contributed by atoms with Gasteiger partial charge < -0.3 is 16.4 Å². The van der Waals surface area contributed by atoms with Gasteiger partial charge in [-0.1, -0.05) is 12.1 Å². The summed E-state index contributed by atoms with van der Waals surface area (Å²) in [6.07, 6.45) is 4.48. The van der Waals surface area contributed by atoms with Crippen molar-refractivity contribution in [2.24, 2.45) is 5.73 Å². The van der Waals surface area contributed by atoms with Crippen LogP contribution in [0.2, 0.25) is 0 Å². The van der Waals surface area contributed by atoms with Gasteiger partial charge in [-0.05, 0) is 37.1 Å².